The highest BCUT2D eigenvalue weighted by molar-refractivity contribution is 5.68. The van der Waals surface area contributed by atoms with Crippen molar-refractivity contribution in [3.8, 4) is 0 Å². The van der Waals surface area contributed by atoms with Crippen LogP contribution in [0, 0.1) is 0 Å². The van der Waals surface area contributed by atoms with E-state index in [4.69, 9.17) is 18.9 Å². The fraction of sp³-hybridized carbons (Fsp3) is 0.750. The molecule has 1 heterocycles. The number of hydrogen-bond donors (Lipinski definition) is 1. The van der Waals surface area contributed by atoms with Crippen LogP contribution in [0.5, 0.6) is 0 Å². The summed E-state index contributed by atoms with van der Waals surface area (Å²) in [5.74, 6) is -2.37. The molecule has 0 unspecified atom stereocenters. The van der Waals surface area contributed by atoms with Gasteiger partial charge in [0, 0.05) is 20.8 Å². The number of ether oxygens (including phenoxy) is 4. The monoisotopic (exact) mass is 308 g/mol. The molecule has 0 spiro atoms. The van der Waals surface area contributed by atoms with Crippen molar-refractivity contribution in [2.75, 3.05) is 6.61 Å². The molecular formula is C12H17FO8. The smallest absolute Gasteiger partial charge is 0.303 e. The Kier molecular flexibility index (Phi) is 6.03. The quantitative estimate of drug-likeness (QED) is 0.545. The molecule has 9 heteroatoms. The number of aliphatic hydroxyl groups excluding tert-OH is 1. The lowest BCUT2D eigenvalue weighted by molar-refractivity contribution is -0.276. The molecule has 0 radical (unpaired) electrons. The lowest BCUT2D eigenvalue weighted by Gasteiger charge is -2.41. The third-order valence-electron chi connectivity index (χ3n) is 2.66. The minimum Gasteiger partial charge on any atom is -0.456 e. The molecule has 0 amide bonds. The Balaban J connectivity index is 3.08. The Bertz CT molecular complexity index is 412. The van der Waals surface area contributed by atoms with Crippen LogP contribution in [0.4, 0.5) is 4.39 Å². The van der Waals surface area contributed by atoms with Crippen molar-refractivity contribution in [3.05, 3.63) is 0 Å². The second-order valence-electron chi connectivity index (χ2n) is 4.43. The first-order valence-electron chi connectivity index (χ1n) is 6.18. The average Bonchev–Trinajstić information content (AvgIpc) is 2.35. The number of halogens is 1. The SMILES string of the molecule is CC(=O)O[C@@H]1[C@@H](OC(C)=O)[C@H](F)O[C@@H](CO)[C@H]1OC(C)=O. The van der Waals surface area contributed by atoms with Crippen molar-refractivity contribution in [2.24, 2.45) is 0 Å². The van der Waals surface area contributed by atoms with Gasteiger partial charge in [-0.15, -0.1) is 0 Å². The maximum atomic E-state index is 13.9. The van der Waals surface area contributed by atoms with Gasteiger partial charge in [-0.2, -0.15) is 0 Å². The van der Waals surface area contributed by atoms with Gasteiger partial charge in [-0.05, 0) is 0 Å². The summed E-state index contributed by atoms with van der Waals surface area (Å²) in [7, 11) is 0. The number of alkyl halides is 1. The van der Waals surface area contributed by atoms with Crippen LogP contribution in [0.2, 0.25) is 0 Å². The first kappa shape index (κ1) is 17.3. The van der Waals surface area contributed by atoms with Crippen LogP contribution in [0.25, 0.3) is 0 Å². The van der Waals surface area contributed by atoms with E-state index in [1.165, 1.54) is 0 Å². The number of aliphatic hydroxyl groups is 1. The van der Waals surface area contributed by atoms with Crippen molar-refractivity contribution in [1.82, 2.24) is 0 Å². The molecule has 1 aliphatic heterocycles. The first-order chi connectivity index (χ1) is 9.76. The minimum atomic E-state index is -2.14. The van der Waals surface area contributed by atoms with Gasteiger partial charge in [0.25, 0.3) is 0 Å². The van der Waals surface area contributed by atoms with Crippen molar-refractivity contribution < 1.29 is 42.8 Å². The lowest BCUT2D eigenvalue weighted by atomic mass is 9.99. The van der Waals surface area contributed by atoms with Gasteiger partial charge < -0.3 is 24.1 Å². The zero-order valence-corrected chi connectivity index (χ0v) is 11.8. The molecule has 21 heavy (non-hydrogen) atoms. The van der Waals surface area contributed by atoms with E-state index in [1.807, 2.05) is 0 Å². The summed E-state index contributed by atoms with van der Waals surface area (Å²) < 4.78 is 33.3. The summed E-state index contributed by atoms with van der Waals surface area (Å²) in [6.07, 6.45) is -7.70. The van der Waals surface area contributed by atoms with Gasteiger partial charge in [-0.1, -0.05) is 0 Å². The molecule has 120 valence electrons. The molecule has 0 aromatic carbocycles. The van der Waals surface area contributed by atoms with E-state index in [0.717, 1.165) is 20.8 Å². The van der Waals surface area contributed by atoms with Gasteiger partial charge in [0.2, 0.25) is 6.36 Å². The van der Waals surface area contributed by atoms with Gasteiger partial charge in [-0.25, -0.2) is 4.39 Å². The summed E-state index contributed by atoms with van der Waals surface area (Å²) >= 11 is 0. The molecule has 0 aromatic rings. The van der Waals surface area contributed by atoms with E-state index in [0.29, 0.717) is 0 Å². The van der Waals surface area contributed by atoms with Crippen LogP contribution in [0.1, 0.15) is 20.8 Å². The number of rotatable bonds is 4. The summed E-state index contributed by atoms with van der Waals surface area (Å²) in [6, 6.07) is 0. The highest BCUT2D eigenvalue weighted by atomic mass is 19.1. The van der Waals surface area contributed by atoms with Crippen LogP contribution in [0.15, 0.2) is 0 Å². The normalized spacial score (nSPS) is 32.1. The maximum Gasteiger partial charge on any atom is 0.303 e. The third-order valence-corrected chi connectivity index (χ3v) is 2.66. The summed E-state index contributed by atoms with van der Waals surface area (Å²) in [5.41, 5.74) is 0. The van der Waals surface area contributed by atoms with Crippen LogP contribution in [-0.4, -0.2) is 60.4 Å². The maximum absolute atomic E-state index is 13.9. The van der Waals surface area contributed by atoms with E-state index < -0.39 is 55.3 Å². The largest absolute Gasteiger partial charge is 0.456 e. The van der Waals surface area contributed by atoms with Crippen LogP contribution < -0.4 is 0 Å². The van der Waals surface area contributed by atoms with Gasteiger partial charge in [0.1, 0.15) is 6.10 Å². The second-order valence-corrected chi connectivity index (χ2v) is 4.43. The predicted molar refractivity (Wildman–Crippen MR) is 63.5 cm³/mol. The van der Waals surface area contributed by atoms with E-state index in [1.54, 1.807) is 0 Å². The van der Waals surface area contributed by atoms with Crippen LogP contribution >= 0.6 is 0 Å². The summed E-state index contributed by atoms with van der Waals surface area (Å²) in [6.45, 7) is 2.51. The van der Waals surface area contributed by atoms with Gasteiger partial charge in [0.05, 0.1) is 6.61 Å². The molecular weight excluding hydrogens is 291 g/mol. The zero-order valence-electron chi connectivity index (χ0n) is 11.8. The van der Waals surface area contributed by atoms with Crippen molar-refractivity contribution >= 4 is 17.9 Å². The fourth-order valence-electron chi connectivity index (χ4n) is 1.99. The first-order valence-corrected chi connectivity index (χ1v) is 6.18. The van der Waals surface area contributed by atoms with Crippen molar-refractivity contribution in [3.63, 3.8) is 0 Å². The molecule has 5 atom stereocenters. The Morgan fingerprint density at radius 2 is 1.38 bits per heavy atom. The standard InChI is InChI=1S/C12H17FO8/c1-5(15)18-9-8(4-14)21-12(13)11(20-7(3)17)10(9)19-6(2)16/h8-12,14H,4H2,1-3H3/t8-,9+,10-,11+,12+/m0/s1. The average molecular weight is 308 g/mol. The van der Waals surface area contributed by atoms with Gasteiger partial charge in [-0.3, -0.25) is 14.4 Å². The third kappa shape index (κ3) is 4.64. The van der Waals surface area contributed by atoms with Crippen LogP contribution in [0.3, 0.4) is 0 Å². The summed E-state index contributed by atoms with van der Waals surface area (Å²) in [4.78, 5) is 33.3. The van der Waals surface area contributed by atoms with Gasteiger partial charge in [0.15, 0.2) is 18.3 Å². The summed E-state index contributed by atoms with van der Waals surface area (Å²) in [5, 5.41) is 9.18. The van der Waals surface area contributed by atoms with E-state index in [9.17, 15) is 23.9 Å². The molecule has 1 rings (SSSR count). The predicted octanol–water partition coefficient (Wildman–Crippen LogP) is -0.532. The minimum absolute atomic E-state index is 0.678. The Morgan fingerprint density at radius 1 is 0.952 bits per heavy atom. The fourth-order valence-corrected chi connectivity index (χ4v) is 1.99. The molecule has 0 aliphatic carbocycles. The zero-order chi connectivity index (χ0) is 16.2. The Hall–Kier alpha value is -1.74. The Labute approximate surface area is 120 Å². The molecule has 1 fully saturated rings. The molecule has 0 aromatic heterocycles. The molecule has 0 bridgehead atoms. The highest BCUT2D eigenvalue weighted by Crippen LogP contribution is 2.29. The highest BCUT2D eigenvalue weighted by Gasteiger charge is 2.51. The number of carbonyl (C=O) groups excluding carboxylic acids is 3. The van der Waals surface area contributed by atoms with E-state index >= 15 is 0 Å². The Morgan fingerprint density at radius 3 is 1.81 bits per heavy atom. The molecule has 1 aliphatic rings. The molecule has 0 saturated carbocycles. The molecule has 1 saturated heterocycles. The lowest BCUT2D eigenvalue weighted by Crippen LogP contribution is -2.61. The number of hydrogen-bond acceptors (Lipinski definition) is 8. The molecule has 8 nitrogen and oxygen atoms in total. The number of carbonyl (C=O) groups is 3. The second kappa shape index (κ2) is 7.32. The molecule has 1 N–H and O–H groups in total. The van der Waals surface area contributed by atoms with E-state index in [-0.39, 0.29) is 0 Å². The van der Waals surface area contributed by atoms with Crippen molar-refractivity contribution in [1.29, 1.82) is 0 Å². The van der Waals surface area contributed by atoms with E-state index in [2.05, 4.69) is 0 Å². The van der Waals surface area contributed by atoms with Crippen molar-refractivity contribution in [2.45, 2.75) is 51.5 Å². The number of esters is 3. The van der Waals surface area contributed by atoms with Crippen LogP contribution in [-0.2, 0) is 33.3 Å². The topological polar surface area (TPSA) is 108 Å². The van der Waals surface area contributed by atoms with Gasteiger partial charge >= 0.3 is 17.9 Å².